The highest BCUT2D eigenvalue weighted by molar-refractivity contribution is 7.46. The van der Waals surface area contributed by atoms with Crippen molar-refractivity contribution in [2.75, 3.05) is 6.61 Å². The molecule has 2 atom stereocenters. The molecular weight excluding hydrogens is 862 g/mol. The molecule has 8 heteroatoms. The second kappa shape index (κ2) is 55.6. The third kappa shape index (κ3) is 56.2. The lowest BCUT2D eigenvalue weighted by Crippen LogP contribution is -2.45. The van der Waals surface area contributed by atoms with Crippen molar-refractivity contribution >= 4 is 13.7 Å². The minimum atomic E-state index is -4.72. The zero-order chi connectivity index (χ0) is 49.5. The summed E-state index contributed by atoms with van der Waals surface area (Å²) < 4.78 is 16.0. The van der Waals surface area contributed by atoms with Gasteiger partial charge in [-0.2, -0.15) is 0 Å². The molecule has 0 unspecified atom stereocenters. The van der Waals surface area contributed by atoms with Crippen LogP contribution in [0, 0.1) is 0 Å². The van der Waals surface area contributed by atoms with Crippen LogP contribution in [0.4, 0.5) is 0 Å². The maximum absolute atomic E-state index is 12.7. The maximum atomic E-state index is 12.7. The largest absolute Gasteiger partial charge is 0.469 e. The fourth-order valence-corrected chi connectivity index (χ4v) is 10.2. The predicted octanol–water partition coefficient (Wildman–Crippen LogP) is 19.8. The molecule has 0 fully saturated rings. The Morgan fingerprint density at radius 3 is 0.897 bits per heavy atom. The first-order chi connectivity index (χ1) is 33.3. The average molecular weight is 983 g/mol. The lowest BCUT2D eigenvalue weighted by molar-refractivity contribution is -0.123. The minimum absolute atomic E-state index is 0.218. The van der Waals surface area contributed by atoms with E-state index >= 15 is 0 Å². The van der Waals surface area contributed by atoms with Gasteiger partial charge in [-0.25, -0.2) is 4.57 Å². The van der Waals surface area contributed by atoms with Crippen LogP contribution < -0.4 is 5.32 Å². The number of carbonyl (C=O) groups is 1. The minimum Gasteiger partial charge on any atom is -0.387 e. The van der Waals surface area contributed by atoms with Crippen LogP contribution in [0.5, 0.6) is 0 Å². The first-order valence-electron chi connectivity index (χ1n) is 30.6. The van der Waals surface area contributed by atoms with Crippen molar-refractivity contribution in [3.05, 3.63) is 12.2 Å². The van der Waals surface area contributed by atoms with E-state index in [1.165, 1.54) is 289 Å². The molecule has 0 aromatic rings. The van der Waals surface area contributed by atoms with Crippen LogP contribution in [0.15, 0.2) is 12.2 Å². The molecule has 0 radical (unpaired) electrons. The van der Waals surface area contributed by atoms with Gasteiger partial charge in [0, 0.05) is 6.42 Å². The topological polar surface area (TPSA) is 116 Å². The Bertz CT molecular complexity index is 1070. The number of aliphatic hydroxyl groups is 1. The third-order valence-electron chi connectivity index (χ3n) is 14.5. The molecule has 0 aliphatic carbocycles. The van der Waals surface area contributed by atoms with E-state index in [2.05, 4.69) is 23.7 Å². The number of allylic oxidation sites excluding steroid dienone is 1. The number of nitrogens with one attached hydrogen (secondary N) is 1. The van der Waals surface area contributed by atoms with Crippen molar-refractivity contribution in [3.63, 3.8) is 0 Å². The molecule has 0 aromatic carbocycles. The van der Waals surface area contributed by atoms with Crippen molar-refractivity contribution in [2.24, 2.45) is 0 Å². The highest BCUT2D eigenvalue weighted by Crippen LogP contribution is 2.36. The summed E-state index contributed by atoms with van der Waals surface area (Å²) in [6.07, 6.45) is 71.7. The molecule has 1 amide bonds. The van der Waals surface area contributed by atoms with E-state index < -0.39 is 26.6 Å². The second-order valence-corrected chi connectivity index (χ2v) is 22.6. The van der Waals surface area contributed by atoms with Crippen molar-refractivity contribution < 1.29 is 28.8 Å². The zero-order valence-electron chi connectivity index (χ0n) is 45.8. The summed E-state index contributed by atoms with van der Waals surface area (Å²) in [5, 5.41) is 13.5. The summed E-state index contributed by atoms with van der Waals surface area (Å²) in [6.45, 7) is 4.12. The molecule has 406 valence electrons. The number of phosphoric ester groups is 1. The zero-order valence-corrected chi connectivity index (χ0v) is 46.7. The average Bonchev–Trinajstić information content (AvgIpc) is 3.32. The Balaban J connectivity index is 3.61. The van der Waals surface area contributed by atoms with Crippen molar-refractivity contribution in [2.45, 2.75) is 360 Å². The molecule has 0 saturated carbocycles. The molecule has 0 saturated heterocycles. The van der Waals surface area contributed by atoms with Gasteiger partial charge in [0.05, 0.1) is 18.8 Å². The van der Waals surface area contributed by atoms with Gasteiger partial charge >= 0.3 is 7.82 Å². The molecule has 0 rings (SSSR count). The van der Waals surface area contributed by atoms with Gasteiger partial charge in [-0.05, 0) is 19.3 Å². The SMILES string of the molecule is CCCCCCCCCCCCCCCC/C=C/[C@@H](O)[C@H](COP(=O)(O)O)NC(=O)CCCCCCCCCCCCCCCCCCCCCCCCCCCCCCCCCCCCCC. The lowest BCUT2D eigenvalue weighted by atomic mass is 10.0. The van der Waals surface area contributed by atoms with E-state index in [4.69, 9.17) is 0 Å². The van der Waals surface area contributed by atoms with Crippen LogP contribution in [-0.4, -0.2) is 39.6 Å². The number of rotatable bonds is 58. The van der Waals surface area contributed by atoms with Gasteiger partial charge in [-0.1, -0.05) is 334 Å². The number of hydrogen-bond donors (Lipinski definition) is 4. The van der Waals surface area contributed by atoms with E-state index in [1.807, 2.05) is 6.08 Å². The first kappa shape index (κ1) is 67.3. The monoisotopic (exact) mass is 982 g/mol. The summed E-state index contributed by atoms with van der Waals surface area (Å²) in [6, 6.07) is -0.907. The molecule has 0 aliphatic rings. The molecule has 4 N–H and O–H groups in total. The summed E-state index contributed by atoms with van der Waals surface area (Å²) in [5.74, 6) is -0.218. The Hall–Kier alpha value is -0.720. The van der Waals surface area contributed by atoms with Crippen molar-refractivity contribution in [3.8, 4) is 0 Å². The molecular formula is C60H120NO6P. The van der Waals surface area contributed by atoms with Gasteiger partial charge in [0.2, 0.25) is 5.91 Å². The van der Waals surface area contributed by atoms with Crippen LogP contribution in [0.1, 0.15) is 348 Å². The smallest absolute Gasteiger partial charge is 0.387 e. The number of carbonyl (C=O) groups excluding carboxylic acids is 1. The van der Waals surface area contributed by atoms with Gasteiger partial charge in [0.15, 0.2) is 0 Å². The Morgan fingerprint density at radius 2 is 0.647 bits per heavy atom. The fourth-order valence-electron chi connectivity index (χ4n) is 9.88. The Labute approximate surface area is 424 Å². The Kier molecular flexibility index (Phi) is 55.0. The summed E-state index contributed by atoms with van der Waals surface area (Å²) in [4.78, 5) is 31.1. The lowest BCUT2D eigenvalue weighted by Gasteiger charge is -2.22. The number of hydrogen-bond acceptors (Lipinski definition) is 4. The maximum Gasteiger partial charge on any atom is 0.469 e. The summed E-state index contributed by atoms with van der Waals surface area (Å²) in [7, 11) is -4.72. The van der Waals surface area contributed by atoms with E-state index in [-0.39, 0.29) is 5.91 Å². The molecule has 7 nitrogen and oxygen atoms in total. The highest BCUT2D eigenvalue weighted by atomic mass is 31.2. The third-order valence-corrected chi connectivity index (χ3v) is 15.0. The van der Waals surface area contributed by atoms with Crippen LogP contribution in [-0.2, 0) is 13.9 Å². The quantitative estimate of drug-likeness (QED) is 0.0274. The van der Waals surface area contributed by atoms with E-state index in [0.717, 1.165) is 38.5 Å². The van der Waals surface area contributed by atoms with Crippen LogP contribution in [0.2, 0.25) is 0 Å². The molecule has 0 aromatic heterocycles. The van der Waals surface area contributed by atoms with Crippen LogP contribution in [0.25, 0.3) is 0 Å². The number of unbranched alkanes of at least 4 members (excludes halogenated alkanes) is 49. The number of phosphoric acid groups is 1. The van der Waals surface area contributed by atoms with Crippen molar-refractivity contribution in [1.82, 2.24) is 5.32 Å². The van der Waals surface area contributed by atoms with E-state index in [1.54, 1.807) is 6.08 Å². The molecule has 0 spiro atoms. The number of aliphatic hydroxyl groups excluding tert-OH is 1. The molecule has 68 heavy (non-hydrogen) atoms. The number of amides is 1. The van der Waals surface area contributed by atoms with Gasteiger partial charge in [-0.3, -0.25) is 9.32 Å². The van der Waals surface area contributed by atoms with Gasteiger partial charge in [0.25, 0.3) is 0 Å². The van der Waals surface area contributed by atoms with Crippen molar-refractivity contribution in [1.29, 1.82) is 0 Å². The summed E-state index contributed by atoms with van der Waals surface area (Å²) in [5.41, 5.74) is 0. The highest BCUT2D eigenvalue weighted by Gasteiger charge is 2.24. The normalized spacial score (nSPS) is 13.0. The molecule has 0 aliphatic heterocycles. The standard InChI is InChI=1S/C60H120NO6P/c1-3-5-7-9-11-13-15-17-19-21-22-23-24-25-26-27-28-29-30-31-32-33-34-35-36-37-38-39-40-42-44-46-48-50-52-54-56-60(63)61-58(57-67-68(64,65)66)59(62)55-53-51-49-47-45-43-41-20-18-16-14-12-10-8-6-4-2/h53,55,58-59,62H,3-52,54,56-57H2,1-2H3,(H,61,63)(H2,64,65,66)/b55-53+/t58-,59+/m0/s1. The van der Waals surface area contributed by atoms with Gasteiger partial charge < -0.3 is 20.2 Å². The first-order valence-corrected chi connectivity index (χ1v) is 32.2. The predicted molar refractivity (Wildman–Crippen MR) is 297 cm³/mol. The van der Waals surface area contributed by atoms with Gasteiger partial charge in [0.1, 0.15) is 0 Å². The fraction of sp³-hybridized carbons (Fsp3) is 0.950. The Morgan fingerprint density at radius 1 is 0.412 bits per heavy atom. The second-order valence-electron chi connectivity index (χ2n) is 21.4. The molecule has 0 heterocycles. The van der Waals surface area contributed by atoms with Crippen LogP contribution >= 0.6 is 7.82 Å². The summed E-state index contributed by atoms with van der Waals surface area (Å²) >= 11 is 0. The van der Waals surface area contributed by atoms with Crippen LogP contribution in [0.3, 0.4) is 0 Å². The van der Waals surface area contributed by atoms with E-state index in [0.29, 0.717) is 6.42 Å². The molecule has 0 bridgehead atoms. The van der Waals surface area contributed by atoms with Gasteiger partial charge in [-0.15, -0.1) is 0 Å². The van der Waals surface area contributed by atoms with E-state index in [9.17, 15) is 24.3 Å².